The predicted octanol–water partition coefficient (Wildman–Crippen LogP) is 2.56. The molecule has 25 heavy (non-hydrogen) atoms. The lowest BCUT2D eigenvalue weighted by molar-refractivity contribution is 0.0934. The molecule has 130 valence electrons. The number of amides is 2. The fourth-order valence-corrected chi connectivity index (χ4v) is 2.53. The van der Waals surface area contributed by atoms with Crippen LogP contribution in [0.5, 0.6) is 5.75 Å². The van der Waals surface area contributed by atoms with Crippen LogP contribution in [-0.2, 0) is 0 Å². The largest absolute Gasteiger partial charge is 0.497 e. The number of hydrogen-bond donors (Lipinski definition) is 3. The van der Waals surface area contributed by atoms with E-state index in [0.717, 1.165) is 9.13 Å². The van der Waals surface area contributed by atoms with E-state index in [2.05, 4.69) is 38.8 Å². The molecule has 8 heteroatoms. The Kier molecular flexibility index (Phi) is 6.71. The Labute approximate surface area is 164 Å². The number of ether oxygens (including phenoxy) is 1. The zero-order chi connectivity index (χ0) is 18.4. The van der Waals surface area contributed by atoms with Crippen LogP contribution in [0.25, 0.3) is 0 Å². The van der Waals surface area contributed by atoms with Gasteiger partial charge in [-0.25, -0.2) is 0 Å². The quantitative estimate of drug-likeness (QED) is 0.366. The number of hydrogen-bond acceptors (Lipinski definition) is 4. The normalized spacial score (nSPS) is 9.88. The summed E-state index contributed by atoms with van der Waals surface area (Å²) in [5.41, 5.74) is 6.93. The highest BCUT2D eigenvalue weighted by atomic mass is 127. The second kappa shape index (κ2) is 8.77. The van der Waals surface area contributed by atoms with Gasteiger partial charge in [0.2, 0.25) is 0 Å². The van der Waals surface area contributed by atoms with Crippen LogP contribution in [0.4, 0.5) is 0 Å². The molecule has 2 aromatic carbocycles. The summed E-state index contributed by atoms with van der Waals surface area (Å²) >= 11 is 7.18. The monoisotopic (exact) mass is 469 g/mol. The highest BCUT2D eigenvalue weighted by Crippen LogP contribution is 2.13. The van der Waals surface area contributed by atoms with E-state index in [-0.39, 0.29) is 16.9 Å². The highest BCUT2D eigenvalue weighted by molar-refractivity contribution is 14.1. The Balaban J connectivity index is 1.87. The number of nitrogens with one attached hydrogen (secondary N) is 3. The van der Waals surface area contributed by atoms with Gasteiger partial charge in [0.05, 0.1) is 7.11 Å². The third-order valence-corrected chi connectivity index (χ3v) is 4.67. The fourth-order valence-electron chi connectivity index (χ4n) is 1.87. The molecule has 2 rings (SSSR count). The summed E-state index contributed by atoms with van der Waals surface area (Å²) in [5, 5.41) is 2.51. The van der Waals surface area contributed by atoms with Crippen LogP contribution in [-0.4, -0.2) is 24.0 Å². The summed E-state index contributed by atoms with van der Waals surface area (Å²) in [4.78, 5) is 24.1. The van der Waals surface area contributed by atoms with Crippen molar-refractivity contribution in [3.8, 4) is 5.75 Å². The Morgan fingerprint density at radius 2 is 1.64 bits per heavy atom. The third-order valence-electron chi connectivity index (χ3n) is 3.30. The molecule has 0 aliphatic rings. The summed E-state index contributed by atoms with van der Waals surface area (Å²) in [5.74, 6) is -0.0849. The zero-order valence-corrected chi connectivity index (χ0v) is 16.5. The third kappa shape index (κ3) is 5.40. The van der Waals surface area contributed by atoms with E-state index in [1.165, 1.54) is 0 Å². The summed E-state index contributed by atoms with van der Waals surface area (Å²) in [6.07, 6.45) is 0. The number of carbonyl (C=O) groups excluding carboxylic acids is 2. The summed E-state index contributed by atoms with van der Waals surface area (Å²) in [6.45, 7) is 1.96. The van der Waals surface area contributed by atoms with E-state index in [1.54, 1.807) is 43.5 Å². The minimum absolute atomic E-state index is 0.00226. The molecule has 0 aromatic heterocycles. The van der Waals surface area contributed by atoms with E-state index < -0.39 is 0 Å². The van der Waals surface area contributed by atoms with Crippen molar-refractivity contribution >= 4 is 51.7 Å². The molecular formula is C17H16IN3O3S. The number of benzene rings is 2. The maximum atomic E-state index is 12.1. The standard InChI is InChI=1S/C17H16IN3O3S/c1-10-3-4-12(9-14(10)18)15(22)19-17(25)21-20-16(23)11-5-7-13(24-2)8-6-11/h3-9H,1-2H3,(H,20,23)(H2,19,21,22,25). The Morgan fingerprint density at radius 1 is 1.00 bits per heavy atom. The molecule has 0 fully saturated rings. The van der Waals surface area contributed by atoms with Crippen molar-refractivity contribution in [2.75, 3.05) is 7.11 Å². The molecule has 0 saturated carbocycles. The fraction of sp³-hybridized carbons (Fsp3) is 0.118. The number of thiocarbonyl (C=S) groups is 1. The van der Waals surface area contributed by atoms with Gasteiger partial charge in [-0.1, -0.05) is 6.07 Å². The van der Waals surface area contributed by atoms with Gasteiger partial charge >= 0.3 is 0 Å². The van der Waals surface area contributed by atoms with Gasteiger partial charge in [-0.15, -0.1) is 0 Å². The molecule has 0 saturated heterocycles. The summed E-state index contributed by atoms with van der Waals surface area (Å²) < 4.78 is 6.02. The number of hydrazine groups is 1. The van der Waals surface area contributed by atoms with Crippen LogP contribution in [0, 0.1) is 10.5 Å². The van der Waals surface area contributed by atoms with Crippen molar-refractivity contribution in [3.05, 3.63) is 62.7 Å². The summed E-state index contributed by atoms with van der Waals surface area (Å²) in [7, 11) is 1.55. The number of methoxy groups -OCH3 is 1. The first-order chi connectivity index (χ1) is 11.9. The van der Waals surface area contributed by atoms with Crippen molar-refractivity contribution in [1.82, 2.24) is 16.2 Å². The SMILES string of the molecule is COc1ccc(C(=O)NNC(=S)NC(=O)c2ccc(C)c(I)c2)cc1. The first-order valence-electron chi connectivity index (χ1n) is 7.22. The number of carbonyl (C=O) groups is 2. The van der Waals surface area contributed by atoms with Crippen LogP contribution in [0.15, 0.2) is 42.5 Å². The van der Waals surface area contributed by atoms with Gasteiger partial charge in [0, 0.05) is 14.7 Å². The maximum Gasteiger partial charge on any atom is 0.269 e. The lowest BCUT2D eigenvalue weighted by atomic mass is 10.1. The van der Waals surface area contributed by atoms with E-state index >= 15 is 0 Å². The van der Waals surface area contributed by atoms with Crippen molar-refractivity contribution in [1.29, 1.82) is 0 Å². The van der Waals surface area contributed by atoms with Crippen LogP contribution in [0.2, 0.25) is 0 Å². The average molecular weight is 469 g/mol. The average Bonchev–Trinajstić information content (AvgIpc) is 2.62. The number of aryl methyl sites for hydroxylation is 1. The number of rotatable bonds is 3. The zero-order valence-electron chi connectivity index (χ0n) is 13.6. The molecule has 6 nitrogen and oxygen atoms in total. The molecule has 2 amide bonds. The Bertz CT molecular complexity index is 809. The first kappa shape index (κ1) is 19.1. The van der Waals surface area contributed by atoms with Crippen molar-refractivity contribution < 1.29 is 14.3 Å². The molecule has 0 aliphatic heterocycles. The molecule has 0 spiro atoms. The van der Waals surface area contributed by atoms with Gasteiger partial charge in [-0.05, 0) is 83.7 Å². The van der Waals surface area contributed by atoms with Gasteiger partial charge in [0.1, 0.15) is 5.75 Å². The Morgan fingerprint density at radius 3 is 2.24 bits per heavy atom. The second-order valence-corrected chi connectivity index (χ2v) is 6.63. The second-order valence-electron chi connectivity index (χ2n) is 5.05. The molecule has 0 heterocycles. The van der Waals surface area contributed by atoms with Crippen LogP contribution in [0.3, 0.4) is 0 Å². The lowest BCUT2D eigenvalue weighted by Gasteiger charge is -2.11. The van der Waals surface area contributed by atoms with Crippen molar-refractivity contribution in [3.63, 3.8) is 0 Å². The first-order valence-corrected chi connectivity index (χ1v) is 8.71. The molecule has 2 aromatic rings. The maximum absolute atomic E-state index is 12.1. The van der Waals surface area contributed by atoms with E-state index in [4.69, 9.17) is 17.0 Å². The van der Waals surface area contributed by atoms with Gasteiger partial charge in [-0.2, -0.15) is 0 Å². The highest BCUT2D eigenvalue weighted by Gasteiger charge is 2.10. The van der Waals surface area contributed by atoms with Crippen LogP contribution >= 0.6 is 34.8 Å². The van der Waals surface area contributed by atoms with Crippen molar-refractivity contribution in [2.24, 2.45) is 0 Å². The minimum Gasteiger partial charge on any atom is -0.497 e. The van der Waals surface area contributed by atoms with Crippen LogP contribution < -0.4 is 20.9 Å². The molecule has 3 N–H and O–H groups in total. The topological polar surface area (TPSA) is 79.5 Å². The molecular weight excluding hydrogens is 453 g/mol. The molecule has 0 radical (unpaired) electrons. The molecule has 0 bridgehead atoms. The van der Waals surface area contributed by atoms with Gasteiger partial charge in [0.15, 0.2) is 5.11 Å². The molecule has 0 atom stereocenters. The van der Waals surface area contributed by atoms with Crippen molar-refractivity contribution in [2.45, 2.75) is 6.92 Å². The van der Waals surface area contributed by atoms with Crippen LogP contribution in [0.1, 0.15) is 26.3 Å². The van der Waals surface area contributed by atoms with Gasteiger partial charge in [0.25, 0.3) is 11.8 Å². The predicted molar refractivity (Wildman–Crippen MR) is 108 cm³/mol. The van der Waals surface area contributed by atoms with E-state index in [1.807, 2.05) is 13.0 Å². The smallest absolute Gasteiger partial charge is 0.269 e. The molecule has 0 aliphatic carbocycles. The van der Waals surface area contributed by atoms with E-state index in [9.17, 15) is 9.59 Å². The van der Waals surface area contributed by atoms with Gasteiger partial charge < -0.3 is 4.74 Å². The van der Waals surface area contributed by atoms with Gasteiger partial charge in [-0.3, -0.25) is 25.8 Å². The van der Waals surface area contributed by atoms with E-state index in [0.29, 0.717) is 16.9 Å². The lowest BCUT2D eigenvalue weighted by Crippen LogP contribution is -2.48. The number of halogens is 1. The Hall–Kier alpha value is -2.20. The summed E-state index contributed by atoms with van der Waals surface area (Å²) in [6, 6.07) is 11.9. The minimum atomic E-state index is -0.385. The molecule has 0 unspecified atom stereocenters.